The molecule has 226 valence electrons. The van der Waals surface area contributed by atoms with Gasteiger partial charge in [-0.3, -0.25) is 20.4 Å². The molecule has 5 rings (SSSR count). The van der Waals surface area contributed by atoms with Crippen LogP contribution in [-0.4, -0.2) is 73.9 Å². The van der Waals surface area contributed by atoms with Crippen molar-refractivity contribution in [3.8, 4) is 0 Å². The summed E-state index contributed by atoms with van der Waals surface area (Å²) in [7, 11) is -4.10. The predicted octanol–water partition coefficient (Wildman–Crippen LogP) is 2.28. The first-order valence-electron chi connectivity index (χ1n) is 14.0. The second-order valence-electron chi connectivity index (χ2n) is 10.6. The maximum Gasteiger partial charge on any atom is 0.253 e. The van der Waals surface area contributed by atoms with Gasteiger partial charge in [-0.15, -0.1) is 0 Å². The molecule has 1 heterocycles. The maximum absolute atomic E-state index is 13.9. The highest BCUT2D eigenvalue weighted by atomic mass is 32.2. The minimum Gasteiger partial charge on any atom is -0.384 e. The molecule has 1 saturated heterocycles. The van der Waals surface area contributed by atoms with Crippen molar-refractivity contribution in [2.45, 2.75) is 17.4 Å². The van der Waals surface area contributed by atoms with E-state index >= 15 is 0 Å². The first kappa shape index (κ1) is 30.4. The molecule has 11 nitrogen and oxygen atoms in total. The van der Waals surface area contributed by atoms with E-state index in [0.717, 1.165) is 10.8 Å². The second kappa shape index (κ2) is 12.7. The Morgan fingerprint density at radius 1 is 0.727 bits per heavy atom. The van der Waals surface area contributed by atoms with Gasteiger partial charge in [0.2, 0.25) is 15.9 Å². The lowest BCUT2D eigenvalue weighted by atomic mass is 10.0. The lowest BCUT2D eigenvalue weighted by Gasteiger charge is -2.36. The highest BCUT2D eigenvalue weighted by Gasteiger charge is 2.32. The van der Waals surface area contributed by atoms with Crippen molar-refractivity contribution in [2.24, 2.45) is 11.5 Å². The summed E-state index contributed by atoms with van der Waals surface area (Å²) in [5.74, 6) is -0.847. The number of carbonyl (C=O) groups excluding carboxylic acids is 2. The highest BCUT2D eigenvalue weighted by molar-refractivity contribution is 7.89. The molecule has 4 aromatic carbocycles. The quantitative estimate of drug-likeness (QED) is 0.143. The van der Waals surface area contributed by atoms with E-state index in [1.165, 1.54) is 6.07 Å². The molecule has 0 aliphatic carbocycles. The first-order chi connectivity index (χ1) is 21.0. The van der Waals surface area contributed by atoms with Gasteiger partial charge in [0.25, 0.3) is 5.91 Å². The van der Waals surface area contributed by atoms with Crippen LogP contribution in [0.2, 0.25) is 0 Å². The molecule has 1 aliphatic rings. The van der Waals surface area contributed by atoms with Crippen molar-refractivity contribution < 1.29 is 18.0 Å². The minimum atomic E-state index is -4.10. The van der Waals surface area contributed by atoms with Crippen LogP contribution < -0.4 is 16.2 Å². The summed E-state index contributed by atoms with van der Waals surface area (Å²) >= 11 is 0. The Morgan fingerprint density at radius 2 is 1.34 bits per heavy atom. The molecule has 0 radical (unpaired) electrons. The fraction of sp³-hybridized carbons (Fsp3) is 0.188. The van der Waals surface area contributed by atoms with Crippen LogP contribution in [0.3, 0.4) is 0 Å². The van der Waals surface area contributed by atoms with Crippen molar-refractivity contribution in [1.29, 1.82) is 10.8 Å². The van der Waals surface area contributed by atoms with Crippen LogP contribution in [0.15, 0.2) is 95.9 Å². The fourth-order valence-corrected chi connectivity index (χ4v) is 6.42. The van der Waals surface area contributed by atoms with E-state index in [-0.39, 0.29) is 55.1 Å². The van der Waals surface area contributed by atoms with E-state index < -0.39 is 22.0 Å². The number of nitrogens with one attached hydrogen (secondary N) is 3. The van der Waals surface area contributed by atoms with E-state index in [1.54, 1.807) is 70.5 Å². The number of nitrogens with two attached hydrogens (primary N) is 2. The molecule has 44 heavy (non-hydrogen) atoms. The number of fused-ring (bicyclic) bond motifs is 1. The van der Waals surface area contributed by atoms with E-state index in [0.29, 0.717) is 22.3 Å². The third kappa shape index (κ3) is 6.77. The molecular formula is C32H33N7O4S. The predicted molar refractivity (Wildman–Crippen MR) is 169 cm³/mol. The molecule has 0 aromatic heterocycles. The van der Waals surface area contributed by atoms with Crippen molar-refractivity contribution in [3.63, 3.8) is 0 Å². The number of benzene rings is 4. The normalized spacial score (nSPS) is 14.3. The van der Waals surface area contributed by atoms with Gasteiger partial charge in [-0.1, -0.05) is 60.7 Å². The van der Waals surface area contributed by atoms with Crippen LogP contribution in [0.5, 0.6) is 0 Å². The molecule has 12 heteroatoms. The van der Waals surface area contributed by atoms with Gasteiger partial charge in [-0.05, 0) is 53.1 Å². The van der Waals surface area contributed by atoms with E-state index in [4.69, 9.17) is 22.3 Å². The second-order valence-corrected chi connectivity index (χ2v) is 12.3. The smallest absolute Gasteiger partial charge is 0.253 e. The fourth-order valence-electron chi connectivity index (χ4n) is 5.20. The molecule has 0 spiro atoms. The van der Waals surface area contributed by atoms with Crippen LogP contribution in [0, 0.1) is 10.8 Å². The summed E-state index contributed by atoms with van der Waals surface area (Å²) < 4.78 is 29.8. The molecule has 1 fully saturated rings. The summed E-state index contributed by atoms with van der Waals surface area (Å²) in [4.78, 5) is 30.2. The SMILES string of the molecule is N=C(N)c1ccc(C(=O)N2CCN(C(=O)[C@H](Cc3cccc(C(=N)N)c3)NS(=O)(=O)c3ccc4ccccc4c3)CC2)cc1. The number of rotatable bonds is 9. The molecule has 0 unspecified atom stereocenters. The largest absolute Gasteiger partial charge is 0.384 e. The molecule has 0 bridgehead atoms. The topological polar surface area (TPSA) is 187 Å². The summed E-state index contributed by atoms with van der Waals surface area (Å²) in [5, 5.41) is 16.9. The van der Waals surface area contributed by atoms with Gasteiger partial charge in [-0.2, -0.15) is 4.72 Å². The molecule has 2 amide bonds. The zero-order valence-electron chi connectivity index (χ0n) is 23.9. The lowest BCUT2D eigenvalue weighted by Crippen LogP contribution is -2.56. The van der Waals surface area contributed by atoms with Gasteiger partial charge in [-0.25, -0.2) is 8.42 Å². The Kier molecular flexibility index (Phi) is 8.74. The molecule has 1 aliphatic heterocycles. The number of nitrogen functional groups attached to an aromatic ring is 2. The zero-order chi connectivity index (χ0) is 31.4. The maximum atomic E-state index is 13.9. The number of carbonyl (C=O) groups is 2. The molecule has 0 saturated carbocycles. The number of amidine groups is 2. The average Bonchev–Trinajstić information content (AvgIpc) is 3.03. The third-order valence-corrected chi connectivity index (χ3v) is 9.10. The highest BCUT2D eigenvalue weighted by Crippen LogP contribution is 2.21. The number of hydrogen-bond acceptors (Lipinski definition) is 6. The summed E-state index contributed by atoms with van der Waals surface area (Å²) in [6.07, 6.45) is 0.0361. The van der Waals surface area contributed by atoms with Crippen molar-refractivity contribution in [3.05, 3.63) is 113 Å². The Labute approximate surface area is 255 Å². The monoisotopic (exact) mass is 611 g/mol. The standard InChI is InChI=1S/C32H33N7O4S/c33-29(34)23-8-10-24(11-9-23)31(40)38-14-16-39(17-15-38)32(41)28(19-21-4-3-7-26(18-21)30(35)36)37-44(42,43)27-13-12-22-5-1-2-6-25(22)20-27/h1-13,18,20,28,37H,14-17,19H2,(H3,33,34)(H3,35,36)/t28-/m0/s1. The Morgan fingerprint density at radius 3 is 2.00 bits per heavy atom. The van der Waals surface area contributed by atoms with E-state index in [2.05, 4.69) is 4.72 Å². The minimum absolute atomic E-state index is 0.0361. The lowest BCUT2D eigenvalue weighted by molar-refractivity contribution is -0.134. The number of nitrogens with zero attached hydrogens (tertiary/aromatic N) is 2. The van der Waals surface area contributed by atoms with Crippen LogP contribution in [0.1, 0.15) is 27.0 Å². The van der Waals surface area contributed by atoms with Crippen molar-refractivity contribution in [1.82, 2.24) is 14.5 Å². The molecule has 1 atom stereocenters. The molecule has 7 N–H and O–H groups in total. The molecular weight excluding hydrogens is 578 g/mol. The van der Waals surface area contributed by atoms with Gasteiger partial charge in [0.05, 0.1) is 4.90 Å². The third-order valence-electron chi connectivity index (χ3n) is 7.63. The summed E-state index contributed by atoms with van der Waals surface area (Å²) in [5.41, 5.74) is 13.2. The van der Waals surface area contributed by atoms with Crippen LogP contribution >= 0.6 is 0 Å². The Bertz CT molecular complexity index is 1850. The van der Waals surface area contributed by atoms with Gasteiger partial charge >= 0.3 is 0 Å². The summed E-state index contributed by atoms with van der Waals surface area (Å²) in [6.45, 7) is 0.974. The average molecular weight is 612 g/mol. The van der Waals surface area contributed by atoms with E-state index in [1.807, 2.05) is 24.3 Å². The van der Waals surface area contributed by atoms with Crippen LogP contribution in [-0.2, 0) is 21.2 Å². The van der Waals surface area contributed by atoms with Gasteiger partial charge in [0, 0.05) is 42.9 Å². The number of amides is 2. The van der Waals surface area contributed by atoms with Gasteiger partial charge in [0.15, 0.2) is 0 Å². The van der Waals surface area contributed by atoms with E-state index in [9.17, 15) is 18.0 Å². The molecule has 4 aromatic rings. The number of sulfonamides is 1. The van der Waals surface area contributed by atoms with Gasteiger partial charge < -0.3 is 21.3 Å². The summed E-state index contributed by atoms with van der Waals surface area (Å²) in [6, 6.07) is 24.3. The van der Waals surface area contributed by atoms with Crippen LogP contribution in [0.4, 0.5) is 0 Å². The number of piperazine rings is 1. The van der Waals surface area contributed by atoms with Gasteiger partial charge in [0.1, 0.15) is 17.7 Å². The van der Waals surface area contributed by atoms with Crippen molar-refractivity contribution >= 4 is 44.3 Å². The Hall–Kier alpha value is -5.07. The first-order valence-corrected chi connectivity index (χ1v) is 15.5. The number of hydrogen-bond donors (Lipinski definition) is 5. The Balaban J connectivity index is 1.35. The van der Waals surface area contributed by atoms with Crippen molar-refractivity contribution in [2.75, 3.05) is 26.2 Å². The van der Waals surface area contributed by atoms with Crippen LogP contribution in [0.25, 0.3) is 10.8 Å². The zero-order valence-corrected chi connectivity index (χ0v) is 24.7.